The molecule has 1 atom stereocenters. The Morgan fingerprint density at radius 1 is 1.15 bits per heavy atom. The predicted molar refractivity (Wildman–Crippen MR) is 86.7 cm³/mol. The predicted octanol–water partition coefficient (Wildman–Crippen LogP) is 4.79. The molecule has 2 rings (SSSR count). The summed E-state index contributed by atoms with van der Waals surface area (Å²) >= 11 is 3.35. The number of hydrogen-bond donors (Lipinski definition) is 2. The van der Waals surface area contributed by atoms with Gasteiger partial charge in [0.1, 0.15) is 5.75 Å². The smallest absolute Gasteiger partial charge is 0.129 e. The van der Waals surface area contributed by atoms with Crippen molar-refractivity contribution in [3.05, 3.63) is 64.1 Å². The number of benzene rings is 2. The minimum atomic E-state index is 0.280. The van der Waals surface area contributed by atoms with Gasteiger partial charge in [0.25, 0.3) is 0 Å². The molecule has 0 radical (unpaired) electrons. The Morgan fingerprint density at radius 3 is 2.55 bits per heavy atom. The molecule has 0 saturated carbocycles. The van der Waals surface area contributed by atoms with Crippen molar-refractivity contribution in [2.45, 2.75) is 32.4 Å². The highest BCUT2D eigenvalue weighted by molar-refractivity contribution is 9.10. The fourth-order valence-corrected chi connectivity index (χ4v) is 2.69. The molecule has 0 amide bonds. The maximum Gasteiger partial charge on any atom is 0.129 e. The van der Waals surface area contributed by atoms with Crippen molar-refractivity contribution in [2.24, 2.45) is 0 Å². The maximum absolute atomic E-state index is 9.52. The lowest BCUT2D eigenvalue weighted by molar-refractivity contribution is 0.470. The molecule has 20 heavy (non-hydrogen) atoms. The van der Waals surface area contributed by atoms with E-state index in [1.807, 2.05) is 18.2 Å². The first-order valence-corrected chi connectivity index (χ1v) is 7.75. The fourth-order valence-electron chi connectivity index (χ4n) is 2.26. The molecule has 0 heterocycles. The molecule has 1 unspecified atom stereocenters. The quantitative estimate of drug-likeness (QED) is 0.796. The van der Waals surface area contributed by atoms with Crippen LogP contribution in [0.15, 0.2) is 53.0 Å². The normalized spacial score (nSPS) is 12.3. The fraction of sp³-hybridized carbons (Fsp3) is 0.294. The molecule has 0 aliphatic heterocycles. The number of phenols is 1. The van der Waals surface area contributed by atoms with E-state index in [1.165, 1.54) is 5.56 Å². The van der Waals surface area contributed by atoms with Crippen molar-refractivity contribution in [2.75, 3.05) is 0 Å². The van der Waals surface area contributed by atoms with E-state index in [9.17, 15) is 5.11 Å². The van der Waals surface area contributed by atoms with Gasteiger partial charge in [-0.05, 0) is 45.6 Å². The Morgan fingerprint density at radius 2 is 1.90 bits per heavy atom. The maximum atomic E-state index is 9.52. The van der Waals surface area contributed by atoms with Crippen LogP contribution >= 0.6 is 15.9 Å². The van der Waals surface area contributed by atoms with Crippen LogP contribution in [-0.2, 0) is 6.54 Å². The average Bonchev–Trinajstić information content (AvgIpc) is 2.48. The zero-order valence-corrected chi connectivity index (χ0v) is 13.2. The summed E-state index contributed by atoms with van der Waals surface area (Å²) in [6, 6.07) is 16.5. The van der Waals surface area contributed by atoms with Crippen molar-refractivity contribution in [3.8, 4) is 5.75 Å². The van der Waals surface area contributed by atoms with Gasteiger partial charge in [0.2, 0.25) is 0 Å². The van der Waals surface area contributed by atoms with Gasteiger partial charge in [0.15, 0.2) is 0 Å². The summed E-state index contributed by atoms with van der Waals surface area (Å²) < 4.78 is 0.739. The van der Waals surface area contributed by atoms with E-state index in [4.69, 9.17) is 0 Å². The molecule has 0 spiro atoms. The summed E-state index contributed by atoms with van der Waals surface area (Å²) in [5.74, 6) is 0.280. The van der Waals surface area contributed by atoms with E-state index >= 15 is 0 Å². The summed E-state index contributed by atoms with van der Waals surface area (Å²) in [5, 5.41) is 13.1. The Bertz CT molecular complexity index is 542. The second-order valence-corrected chi connectivity index (χ2v) is 5.77. The summed E-state index contributed by atoms with van der Waals surface area (Å²) in [4.78, 5) is 0. The van der Waals surface area contributed by atoms with E-state index in [2.05, 4.69) is 52.4 Å². The number of phenolic OH excluding ortho intramolecular Hbond substituents is 1. The number of rotatable bonds is 6. The summed E-state index contributed by atoms with van der Waals surface area (Å²) in [5.41, 5.74) is 2.49. The zero-order chi connectivity index (χ0) is 14.4. The van der Waals surface area contributed by atoms with Gasteiger partial charge in [-0.3, -0.25) is 0 Å². The van der Waals surface area contributed by atoms with Crippen molar-refractivity contribution < 1.29 is 5.11 Å². The Kier molecular flexibility index (Phi) is 5.62. The molecule has 0 aromatic heterocycles. The summed E-state index contributed by atoms with van der Waals surface area (Å²) in [7, 11) is 0. The highest BCUT2D eigenvalue weighted by atomic mass is 79.9. The first-order chi connectivity index (χ1) is 9.70. The van der Waals surface area contributed by atoms with Gasteiger partial charge in [-0.2, -0.15) is 0 Å². The topological polar surface area (TPSA) is 32.3 Å². The summed E-state index contributed by atoms with van der Waals surface area (Å²) in [6.45, 7) is 2.99. The van der Waals surface area contributed by atoms with Crippen LogP contribution in [0.2, 0.25) is 0 Å². The average molecular weight is 334 g/mol. The highest BCUT2D eigenvalue weighted by Gasteiger charge is 2.09. The minimum Gasteiger partial charge on any atom is -0.507 e. The van der Waals surface area contributed by atoms with E-state index < -0.39 is 0 Å². The van der Waals surface area contributed by atoms with Crippen molar-refractivity contribution >= 4 is 15.9 Å². The third-order valence-electron chi connectivity index (χ3n) is 3.34. The molecule has 0 aliphatic rings. The molecule has 106 valence electrons. The van der Waals surface area contributed by atoms with Crippen LogP contribution in [-0.4, -0.2) is 5.11 Å². The van der Waals surface area contributed by atoms with Crippen LogP contribution in [0.5, 0.6) is 5.75 Å². The molecule has 2 N–H and O–H groups in total. The molecule has 0 saturated heterocycles. The lowest BCUT2D eigenvalue weighted by Gasteiger charge is -2.19. The van der Waals surface area contributed by atoms with E-state index in [0.717, 1.165) is 29.4 Å². The standard InChI is InChI=1S/C17H20BrNO/c1-2-6-16(14-7-4-3-5-8-14)19-12-13-9-10-17(20)15(18)11-13/h3-5,7-11,16,19-20H,2,6,12H2,1H3. The van der Waals surface area contributed by atoms with Gasteiger partial charge in [-0.1, -0.05) is 49.7 Å². The van der Waals surface area contributed by atoms with Crippen molar-refractivity contribution in [3.63, 3.8) is 0 Å². The van der Waals surface area contributed by atoms with Crippen LogP contribution in [0.3, 0.4) is 0 Å². The van der Waals surface area contributed by atoms with Crippen LogP contribution in [0.1, 0.15) is 36.9 Å². The van der Waals surface area contributed by atoms with Crippen molar-refractivity contribution in [1.29, 1.82) is 0 Å². The molecule has 2 nitrogen and oxygen atoms in total. The van der Waals surface area contributed by atoms with Gasteiger partial charge in [0.05, 0.1) is 4.47 Å². The van der Waals surface area contributed by atoms with Crippen molar-refractivity contribution in [1.82, 2.24) is 5.32 Å². The zero-order valence-electron chi connectivity index (χ0n) is 11.6. The number of aromatic hydroxyl groups is 1. The molecular weight excluding hydrogens is 314 g/mol. The highest BCUT2D eigenvalue weighted by Crippen LogP contribution is 2.25. The van der Waals surface area contributed by atoms with Gasteiger partial charge in [-0.15, -0.1) is 0 Å². The third-order valence-corrected chi connectivity index (χ3v) is 3.98. The molecule has 3 heteroatoms. The number of nitrogens with one attached hydrogen (secondary N) is 1. The SMILES string of the molecule is CCCC(NCc1ccc(O)c(Br)c1)c1ccccc1. The third kappa shape index (κ3) is 4.09. The molecule has 2 aromatic rings. The van der Waals surface area contributed by atoms with E-state index in [-0.39, 0.29) is 5.75 Å². The van der Waals surface area contributed by atoms with Gasteiger partial charge >= 0.3 is 0 Å². The van der Waals surface area contributed by atoms with Crippen LogP contribution in [0.4, 0.5) is 0 Å². The molecule has 0 aliphatic carbocycles. The van der Waals surface area contributed by atoms with Gasteiger partial charge in [-0.25, -0.2) is 0 Å². The Labute approximate surface area is 129 Å². The molecule has 2 aromatic carbocycles. The largest absolute Gasteiger partial charge is 0.507 e. The first-order valence-electron chi connectivity index (χ1n) is 6.96. The van der Waals surface area contributed by atoms with Gasteiger partial charge < -0.3 is 10.4 Å². The second kappa shape index (κ2) is 7.46. The number of hydrogen-bond acceptors (Lipinski definition) is 2. The Balaban J connectivity index is 2.03. The molecular formula is C17H20BrNO. The van der Waals surface area contributed by atoms with E-state index in [0.29, 0.717) is 6.04 Å². The molecule has 0 fully saturated rings. The van der Waals surface area contributed by atoms with Crippen LogP contribution < -0.4 is 5.32 Å². The first kappa shape index (κ1) is 15.1. The summed E-state index contributed by atoms with van der Waals surface area (Å²) in [6.07, 6.45) is 2.26. The van der Waals surface area contributed by atoms with Gasteiger partial charge in [0, 0.05) is 12.6 Å². The van der Waals surface area contributed by atoms with E-state index in [1.54, 1.807) is 6.07 Å². The van der Waals surface area contributed by atoms with Crippen LogP contribution in [0, 0.1) is 0 Å². The molecule has 0 bridgehead atoms. The second-order valence-electron chi connectivity index (χ2n) is 4.92. The lowest BCUT2D eigenvalue weighted by atomic mass is 10.0. The Hall–Kier alpha value is -1.32. The lowest BCUT2D eigenvalue weighted by Crippen LogP contribution is -2.20. The minimum absolute atomic E-state index is 0.280. The monoisotopic (exact) mass is 333 g/mol. The van der Waals surface area contributed by atoms with Crippen LogP contribution in [0.25, 0.3) is 0 Å². The number of halogens is 1.